The van der Waals surface area contributed by atoms with Gasteiger partial charge in [-0.2, -0.15) is 0 Å². The number of hydrogen-bond donors (Lipinski definition) is 0. The van der Waals surface area contributed by atoms with Crippen LogP contribution in [0.4, 0.5) is 0 Å². The van der Waals surface area contributed by atoms with E-state index in [-0.39, 0.29) is 17.8 Å². The molecule has 7 nitrogen and oxygen atoms in total. The van der Waals surface area contributed by atoms with Crippen molar-refractivity contribution in [1.29, 1.82) is 0 Å². The average molecular weight is 553 g/mol. The van der Waals surface area contributed by atoms with Crippen molar-refractivity contribution in [1.82, 2.24) is 19.9 Å². The second kappa shape index (κ2) is 11.1. The number of rotatable bonds is 6. The molecular formula is C34H40N4O3. The first-order chi connectivity index (χ1) is 19.6. The van der Waals surface area contributed by atoms with Crippen LogP contribution in [0.3, 0.4) is 0 Å². The summed E-state index contributed by atoms with van der Waals surface area (Å²) in [5, 5.41) is 8.77. The maximum absolute atomic E-state index is 13.9. The monoisotopic (exact) mass is 552 g/mol. The Morgan fingerprint density at radius 3 is 2.32 bits per heavy atom. The Bertz CT molecular complexity index is 1640. The Hall–Kier alpha value is -4.00. The maximum atomic E-state index is 13.9. The van der Waals surface area contributed by atoms with Gasteiger partial charge >= 0.3 is 5.97 Å². The van der Waals surface area contributed by atoms with E-state index in [1.54, 1.807) is 0 Å². The van der Waals surface area contributed by atoms with Crippen molar-refractivity contribution < 1.29 is 14.3 Å². The quantitative estimate of drug-likeness (QED) is 0.269. The van der Waals surface area contributed by atoms with Crippen molar-refractivity contribution >= 4 is 22.9 Å². The minimum atomic E-state index is -0.419. The number of aryl methyl sites for hydroxylation is 4. The van der Waals surface area contributed by atoms with Crippen LogP contribution in [-0.2, 0) is 29.0 Å². The van der Waals surface area contributed by atoms with E-state index in [0.29, 0.717) is 13.1 Å². The van der Waals surface area contributed by atoms with E-state index < -0.39 is 5.92 Å². The van der Waals surface area contributed by atoms with Crippen LogP contribution in [0.15, 0.2) is 36.4 Å². The third-order valence-corrected chi connectivity index (χ3v) is 9.16. The maximum Gasteiger partial charge on any atom is 0.309 e. The molecule has 0 radical (unpaired) electrons. The van der Waals surface area contributed by atoms with Crippen LogP contribution in [0.25, 0.3) is 11.0 Å². The largest absolute Gasteiger partial charge is 0.469 e. The number of carbonyl (C=O) groups excluding carboxylic acids is 2. The molecule has 1 aliphatic rings. The van der Waals surface area contributed by atoms with Crippen molar-refractivity contribution in [2.24, 2.45) is 5.92 Å². The number of aromatic nitrogens is 3. The zero-order valence-electron chi connectivity index (χ0n) is 25.5. The van der Waals surface area contributed by atoms with Gasteiger partial charge in [0.1, 0.15) is 5.52 Å². The van der Waals surface area contributed by atoms with E-state index in [1.807, 2.05) is 43.3 Å². The molecular weight excluding hydrogens is 512 g/mol. The normalized spacial score (nSPS) is 14.6. The van der Waals surface area contributed by atoms with E-state index in [0.717, 1.165) is 74.1 Å². The molecule has 0 saturated carbocycles. The summed E-state index contributed by atoms with van der Waals surface area (Å²) in [5.74, 6) is -0.833. The fourth-order valence-electron chi connectivity index (χ4n) is 6.45. The molecule has 0 aliphatic carbocycles. The number of ether oxygens (including phenoxy) is 1. The standard InChI is InChI=1S/C34H40N4O3/c1-9-38-29-13-12-28(23(6)32(29)35-36-38)31(24(7)34(40)41-8)26-11-10-25-14-15-37(18-27(25)17-26)33(39)30-21(4)19(2)16-20(3)22(30)5/h10-13,16-17,24,31H,9,14-15,18H2,1-8H3/t24-,31+/m1/s1. The highest BCUT2D eigenvalue weighted by atomic mass is 16.5. The molecule has 1 aromatic heterocycles. The lowest BCUT2D eigenvalue weighted by Crippen LogP contribution is -2.37. The SMILES string of the molecule is CCn1nnc2c(C)c([C@H](c3ccc4c(c3)CN(C(=O)c3c(C)c(C)cc(C)c3C)CC4)[C@@H](C)C(=O)OC)ccc21. The van der Waals surface area contributed by atoms with Crippen LogP contribution in [-0.4, -0.2) is 45.4 Å². The predicted octanol–water partition coefficient (Wildman–Crippen LogP) is 6.13. The van der Waals surface area contributed by atoms with Crippen molar-refractivity contribution in [3.63, 3.8) is 0 Å². The Morgan fingerprint density at radius 1 is 0.951 bits per heavy atom. The van der Waals surface area contributed by atoms with Gasteiger partial charge in [0, 0.05) is 31.1 Å². The number of hydrogen-bond acceptors (Lipinski definition) is 5. The van der Waals surface area contributed by atoms with Crippen molar-refractivity contribution in [3.05, 3.63) is 92.0 Å². The van der Waals surface area contributed by atoms with Crippen molar-refractivity contribution in [3.8, 4) is 0 Å². The summed E-state index contributed by atoms with van der Waals surface area (Å²) in [6.07, 6.45) is 0.798. The molecule has 3 aromatic carbocycles. The molecule has 0 N–H and O–H groups in total. The van der Waals surface area contributed by atoms with Crippen LogP contribution >= 0.6 is 0 Å². The van der Waals surface area contributed by atoms with Gasteiger partial charge in [-0.3, -0.25) is 9.59 Å². The molecule has 2 atom stereocenters. The molecule has 0 fully saturated rings. The highest BCUT2D eigenvalue weighted by molar-refractivity contribution is 5.98. The summed E-state index contributed by atoms with van der Waals surface area (Å²) in [6, 6.07) is 12.8. The summed E-state index contributed by atoms with van der Waals surface area (Å²) >= 11 is 0. The molecule has 5 rings (SSSR count). The highest BCUT2D eigenvalue weighted by Crippen LogP contribution is 2.38. The van der Waals surface area contributed by atoms with Crippen LogP contribution in [0.5, 0.6) is 0 Å². The number of carbonyl (C=O) groups is 2. The summed E-state index contributed by atoms with van der Waals surface area (Å²) in [4.78, 5) is 28.8. The minimum Gasteiger partial charge on any atom is -0.469 e. The van der Waals surface area contributed by atoms with Gasteiger partial charge in [0.25, 0.3) is 5.91 Å². The molecule has 0 saturated heterocycles. The second-order valence-electron chi connectivity index (χ2n) is 11.5. The zero-order valence-corrected chi connectivity index (χ0v) is 25.5. The topological polar surface area (TPSA) is 77.3 Å². The van der Waals surface area contributed by atoms with E-state index in [2.05, 4.69) is 61.4 Å². The number of amides is 1. The Labute approximate surface area is 242 Å². The number of nitrogens with zero attached hydrogens (tertiary/aromatic N) is 4. The van der Waals surface area contributed by atoms with Gasteiger partial charge in [0.15, 0.2) is 0 Å². The Balaban J connectivity index is 1.55. The number of esters is 1. The number of fused-ring (bicyclic) bond motifs is 2. The van der Waals surface area contributed by atoms with Crippen molar-refractivity contribution in [2.75, 3.05) is 13.7 Å². The molecule has 4 aromatic rings. The van der Waals surface area contributed by atoms with Crippen LogP contribution in [0, 0.1) is 40.5 Å². The lowest BCUT2D eigenvalue weighted by molar-refractivity contribution is -0.145. The first kappa shape index (κ1) is 28.5. The molecule has 7 heteroatoms. The van der Waals surface area contributed by atoms with Gasteiger partial charge in [-0.15, -0.1) is 5.10 Å². The van der Waals surface area contributed by atoms with Crippen LogP contribution in [0.2, 0.25) is 0 Å². The molecule has 1 amide bonds. The molecule has 1 aliphatic heterocycles. The van der Waals surface area contributed by atoms with Gasteiger partial charge in [0.05, 0.1) is 18.5 Å². The first-order valence-electron chi connectivity index (χ1n) is 14.5. The highest BCUT2D eigenvalue weighted by Gasteiger charge is 2.32. The predicted molar refractivity (Wildman–Crippen MR) is 161 cm³/mol. The fourth-order valence-corrected chi connectivity index (χ4v) is 6.45. The summed E-state index contributed by atoms with van der Waals surface area (Å²) in [5.41, 5.74) is 12.5. The zero-order chi connectivity index (χ0) is 29.6. The van der Waals surface area contributed by atoms with Gasteiger partial charge in [-0.05, 0) is 104 Å². The molecule has 214 valence electrons. The van der Waals surface area contributed by atoms with Gasteiger partial charge in [-0.25, -0.2) is 4.68 Å². The average Bonchev–Trinajstić information content (AvgIpc) is 3.40. The number of methoxy groups -OCH3 is 1. The van der Waals surface area contributed by atoms with Crippen molar-refractivity contribution in [2.45, 2.75) is 73.9 Å². The van der Waals surface area contributed by atoms with E-state index in [9.17, 15) is 9.59 Å². The summed E-state index contributed by atoms with van der Waals surface area (Å²) in [7, 11) is 1.44. The third-order valence-electron chi connectivity index (χ3n) is 9.16. The first-order valence-corrected chi connectivity index (χ1v) is 14.5. The fraction of sp³-hybridized carbons (Fsp3) is 0.412. The summed E-state index contributed by atoms with van der Waals surface area (Å²) < 4.78 is 7.10. The Kier molecular flexibility index (Phi) is 7.73. The van der Waals surface area contributed by atoms with Gasteiger partial charge in [0.2, 0.25) is 0 Å². The third kappa shape index (κ3) is 4.92. The Morgan fingerprint density at radius 2 is 1.66 bits per heavy atom. The minimum absolute atomic E-state index is 0.0858. The molecule has 0 unspecified atom stereocenters. The van der Waals surface area contributed by atoms with Crippen LogP contribution < -0.4 is 0 Å². The lowest BCUT2D eigenvalue weighted by atomic mass is 9.78. The van der Waals surface area contributed by atoms with Crippen LogP contribution in [0.1, 0.15) is 80.2 Å². The van der Waals surface area contributed by atoms with Gasteiger partial charge in [-0.1, -0.05) is 42.5 Å². The molecule has 2 heterocycles. The van der Waals surface area contributed by atoms with E-state index in [4.69, 9.17) is 4.74 Å². The molecule has 41 heavy (non-hydrogen) atoms. The number of benzene rings is 3. The summed E-state index contributed by atoms with van der Waals surface area (Å²) in [6.45, 7) is 16.2. The van der Waals surface area contributed by atoms with Gasteiger partial charge < -0.3 is 9.64 Å². The molecule has 0 spiro atoms. The smallest absolute Gasteiger partial charge is 0.309 e. The lowest BCUT2D eigenvalue weighted by Gasteiger charge is -2.32. The van der Waals surface area contributed by atoms with E-state index >= 15 is 0 Å². The second-order valence-corrected chi connectivity index (χ2v) is 11.5. The molecule has 0 bridgehead atoms. The van der Waals surface area contributed by atoms with E-state index in [1.165, 1.54) is 12.7 Å².